The zero-order valence-electron chi connectivity index (χ0n) is 13.4. The summed E-state index contributed by atoms with van der Waals surface area (Å²) in [6.07, 6.45) is 0.553. The third-order valence-corrected chi connectivity index (χ3v) is 3.81. The molecule has 1 heterocycles. The molecule has 128 valence electrons. The molecule has 0 aliphatic carbocycles. The van der Waals surface area contributed by atoms with E-state index in [1.54, 1.807) is 0 Å². The van der Waals surface area contributed by atoms with E-state index in [1.165, 1.54) is 18.2 Å². The van der Waals surface area contributed by atoms with Gasteiger partial charge in [0.15, 0.2) is 0 Å². The molecular weight excluding hydrogens is 336 g/mol. The Kier molecular flexibility index (Phi) is 5.40. The molecule has 2 amide bonds. The summed E-state index contributed by atoms with van der Waals surface area (Å²) in [7, 11) is 0. The fraction of sp³-hybridized carbons (Fsp3) is 0.333. The van der Waals surface area contributed by atoms with Crippen LogP contribution in [0.5, 0.6) is 0 Å². The Morgan fingerprint density at radius 2 is 2.17 bits per heavy atom. The second-order valence-electron chi connectivity index (χ2n) is 5.43. The number of nitrogens with one attached hydrogen (secondary N) is 2. The second-order valence-corrected chi connectivity index (χ2v) is 5.83. The van der Waals surface area contributed by atoms with Crippen molar-refractivity contribution < 1.29 is 14.2 Å². The lowest BCUT2D eigenvalue weighted by Gasteiger charge is -2.15. The van der Waals surface area contributed by atoms with Crippen molar-refractivity contribution in [1.29, 1.82) is 0 Å². The number of rotatable bonds is 5. The maximum Gasteiger partial charge on any atom is 0.319 e. The fourth-order valence-corrected chi connectivity index (χ4v) is 2.42. The summed E-state index contributed by atoms with van der Waals surface area (Å²) < 4.78 is 5.09. The van der Waals surface area contributed by atoms with E-state index in [0.717, 1.165) is 11.3 Å². The number of nitro benzene ring substituents is 1. The lowest BCUT2D eigenvalue weighted by Crippen LogP contribution is -2.37. The van der Waals surface area contributed by atoms with E-state index in [9.17, 15) is 14.9 Å². The Hall–Kier alpha value is -2.61. The average molecular weight is 353 g/mol. The molecule has 0 saturated heterocycles. The highest BCUT2D eigenvalue weighted by Crippen LogP contribution is 2.26. The summed E-state index contributed by atoms with van der Waals surface area (Å²) in [5, 5.41) is 20.1. The van der Waals surface area contributed by atoms with Crippen molar-refractivity contribution in [2.45, 2.75) is 33.2 Å². The standard InChI is InChI=1S/C15H17ClN4O4/c1-8(6-12-9(2)19-24-10(12)3)17-15(21)18-14-7-11(20(22)23)4-5-13(14)16/h4-5,7-8H,6H2,1-3H3,(H2,17,18,21)/t8-/m1/s1. The Balaban J connectivity index is 2.00. The first kappa shape index (κ1) is 17.7. The number of halogens is 1. The quantitative estimate of drug-likeness (QED) is 0.630. The monoisotopic (exact) mass is 352 g/mol. The van der Waals surface area contributed by atoms with Gasteiger partial charge in [0.25, 0.3) is 5.69 Å². The van der Waals surface area contributed by atoms with Crippen LogP contribution in [0.2, 0.25) is 5.02 Å². The number of non-ortho nitro benzene ring substituents is 1. The van der Waals surface area contributed by atoms with Gasteiger partial charge in [0.1, 0.15) is 5.76 Å². The molecule has 0 radical (unpaired) electrons. The van der Waals surface area contributed by atoms with Gasteiger partial charge in [-0.3, -0.25) is 10.1 Å². The number of amides is 2. The van der Waals surface area contributed by atoms with Crippen LogP contribution in [0.1, 0.15) is 23.9 Å². The van der Waals surface area contributed by atoms with Crippen molar-refractivity contribution in [1.82, 2.24) is 10.5 Å². The molecule has 2 aromatic rings. The highest BCUT2D eigenvalue weighted by Gasteiger charge is 2.16. The van der Waals surface area contributed by atoms with E-state index in [-0.39, 0.29) is 22.4 Å². The zero-order valence-corrected chi connectivity index (χ0v) is 14.2. The van der Waals surface area contributed by atoms with Crippen LogP contribution >= 0.6 is 11.6 Å². The summed E-state index contributed by atoms with van der Waals surface area (Å²) in [6, 6.07) is 3.14. The van der Waals surface area contributed by atoms with E-state index < -0.39 is 11.0 Å². The van der Waals surface area contributed by atoms with Crippen LogP contribution in [0, 0.1) is 24.0 Å². The normalized spacial score (nSPS) is 11.8. The first-order valence-electron chi connectivity index (χ1n) is 7.21. The number of aromatic nitrogens is 1. The number of hydrogen-bond acceptors (Lipinski definition) is 5. The molecule has 0 fully saturated rings. The molecule has 8 nitrogen and oxygen atoms in total. The maximum atomic E-state index is 12.1. The molecule has 9 heteroatoms. The lowest BCUT2D eigenvalue weighted by atomic mass is 10.1. The molecule has 1 aromatic carbocycles. The van der Waals surface area contributed by atoms with Gasteiger partial charge < -0.3 is 15.2 Å². The molecular formula is C15H17ClN4O4. The lowest BCUT2D eigenvalue weighted by molar-refractivity contribution is -0.384. The third kappa shape index (κ3) is 4.23. The number of carbonyl (C=O) groups is 1. The number of aryl methyl sites for hydroxylation is 2. The number of nitrogens with zero attached hydrogens (tertiary/aromatic N) is 2. The summed E-state index contributed by atoms with van der Waals surface area (Å²) in [5.74, 6) is 0.711. The topological polar surface area (TPSA) is 110 Å². The maximum absolute atomic E-state index is 12.1. The van der Waals surface area contributed by atoms with Crippen LogP contribution in [0.15, 0.2) is 22.7 Å². The van der Waals surface area contributed by atoms with Gasteiger partial charge in [-0.1, -0.05) is 16.8 Å². The van der Waals surface area contributed by atoms with Gasteiger partial charge >= 0.3 is 6.03 Å². The number of carbonyl (C=O) groups excluding carboxylic acids is 1. The average Bonchev–Trinajstić information content (AvgIpc) is 2.81. The zero-order chi connectivity index (χ0) is 17.9. The third-order valence-electron chi connectivity index (χ3n) is 3.48. The Bertz CT molecular complexity index is 755. The summed E-state index contributed by atoms with van der Waals surface area (Å²) in [6.45, 7) is 5.48. The van der Waals surface area contributed by atoms with Gasteiger partial charge in [0.05, 0.1) is 21.3 Å². The van der Waals surface area contributed by atoms with Crippen molar-refractivity contribution >= 4 is 29.0 Å². The van der Waals surface area contributed by atoms with Gasteiger partial charge in [-0.2, -0.15) is 0 Å². The van der Waals surface area contributed by atoms with Crippen molar-refractivity contribution in [3.05, 3.63) is 50.4 Å². The molecule has 0 unspecified atom stereocenters. The first-order chi connectivity index (χ1) is 11.3. The molecule has 24 heavy (non-hydrogen) atoms. The summed E-state index contributed by atoms with van der Waals surface area (Å²) in [5.41, 5.74) is 1.74. The Morgan fingerprint density at radius 1 is 1.46 bits per heavy atom. The smallest absolute Gasteiger partial charge is 0.319 e. The van der Waals surface area contributed by atoms with Crippen molar-refractivity contribution in [2.24, 2.45) is 0 Å². The van der Waals surface area contributed by atoms with E-state index in [1.807, 2.05) is 20.8 Å². The molecule has 2 N–H and O–H groups in total. The molecule has 0 spiro atoms. The van der Waals surface area contributed by atoms with Gasteiger partial charge in [0.2, 0.25) is 0 Å². The molecule has 0 saturated carbocycles. The number of urea groups is 1. The predicted molar refractivity (Wildman–Crippen MR) is 89.4 cm³/mol. The van der Waals surface area contributed by atoms with Crippen LogP contribution in [-0.4, -0.2) is 22.2 Å². The van der Waals surface area contributed by atoms with Crippen molar-refractivity contribution in [2.75, 3.05) is 5.32 Å². The van der Waals surface area contributed by atoms with Gasteiger partial charge in [-0.05, 0) is 33.3 Å². The van der Waals surface area contributed by atoms with Gasteiger partial charge in [0, 0.05) is 23.7 Å². The SMILES string of the molecule is Cc1noc(C)c1C[C@@H](C)NC(=O)Nc1cc([N+](=O)[O-])ccc1Cl. The highest BCUT2D eigenvalue weighted by molar-refractivity contribution is 6.33. The van der Waals surface area contributed by atoms with Crippen LogP contribution in [0.25, 0.3) is 0 Å². The van der Waals surface area contributed by atoms with Crippen LogP contribution < -0.4 is 10.6 Å². The minimum Gasteiger partial charge on any atom is -0.361 e. The number of hydrogen-bond donors (Lipinski definition) is 2. The molecule has 1 aromatic heterocycles. The largest absolute Gasteiger partial charge is 0.361 e. The molecule has 0 bridgehead atoms. The number of benzene rings is 1. The van der Waals surface area contributed by atoms with Gasteiger partial charge in [-0.25, -0.2) is 4.79 Å². The summed E-state index contributed by atoms with van der Waals surface area (Å²) in [4.78, 5) is 22.3. The van der Waals surface area contributed by atoms with Crippen LogP contribution in [0.4, 0.5) is 16.2 Å². The molecule has 0 aliphatic heterocycles. The van der Waals surface area contributed by atoms with E-state index in [2.05, 4.69) is 15.8 Å². The molecule has 1 atom stereocenters. The number of nitro groups is 1. The Morgan fingerprint density at radius 3 is 2.75 bits per heavy atom. The van der Waals surface area contributed by atoms with E-state index in [0.29, 0.717) is 12.2 Å². The van der Waals surface area contributed by atoms with Crippen molar-refractivity contribution in [3.8, 4) is 0 Å². The van der Waals surface area contributed by atoms with E-state index >= 15 is 0 Å². The minimum absolute atomic E-state index is 0.154. The predicted octanol–water partition coefficient (Wildman–Crippen LogP) is 3.61. The Labute approximate surface area is 143 Å². The van der Waals surface area contributed by atoms with E-state index in [4.69, 9.17) is 16.1 Å². The minimum atomic E-state index is -0.556. The van der Waals surface area contributed by atoms with Crippen LogP contribution in [0.3, 0.4) is 0 Å². The first-order valence-corrected chi connectivity index (χ1v) is 7.59. The second kappa shape index (κ2) is 7.31. The summed E-state index contributed by atoms with van der Waals surface area (Å²) >= 11 is 5.95. The van der Waals surface area contributed by atoms with Gasteiger partial charge in [-0.15, -0.1) is 0 Å². The fourth-order valence-electron chi connectivity index (χ4n) is 2.26. The van der Waals surface area contributed by atoms with Crippen molar-refractivity contribution in [3.63, 3.8) is 0 Å². The van der Waals surface area contributed by atoms with Crippen LogP contribution in [-0.2, 0) is 6.42 Å². The molecule has 2 rings (SSSR count). The molecule has 0 aliphatic rings. The number of anilines is 1. The highest BCUT2D eigenvalue weighted by atomic mass is 35.5.